The van der Waals surface area contributed by atoms with Gasteiger partial charge in [-0.25, -0.2) is 8.42 Å². The summed E-state index contributed by atoms with van der Waals surface area (Å²) in [6.45, 7) is 6.41. The Hall–Kier alpha value is -4.51. The Morgan fingerprint density at radius 2 is 1.65 bits per heavy atom. The highest BCUT2D eigenvalue weighted by Crippen LogP contribution is 2.30. The predicted octanol–water partition coefficient (Wildman–Crippen LogP) is 4.20. The second-order valence-electron chi connectivity index (χ2n) is 10.7. The monoisotopic (exact) mass is 602 g/mol. The summed E-state index contributed by atoms with van der Waals surface area (Å²) in [5, 5.41) is 16.4. The second-order valence-corrected chi connectivity index (χ2v) is 12.5. The molecule has 1 saturated heterocycles. The molecule has 0 aromatic heterocycles. The first-order chi connectivity index (χ1) is 20.7. The van der Waals surface area contributed by atoms with Gasteiger partial charge in [-0.1, -0.05) is 12.1 Å². The van der Waals surface area contributed by atoms with Crippen molar-refractivity contribution in [1.29, 1.82) is 10.8 Å². The van der Waals surface area contributed by atoms with Crippen LogP contribution in [-0.4, -0.2) is 69.4 Å². The van der Waals surface area contributed by atoms with Gasteiger partial charge in [0.1, 0.15) is 23.4 Å². The number of sulfonamides is 1. The molecule has 3 aromatic carbocycles. The minimum absolute atomic E-state index is 0.00696. The molecule has 2 aliphatic heterocycles. The van der Waals surface area contributed by atoms with Crippen molar-refractivity contribution in [2.24, 2.45) is 5.73 Å². The van der Waals surface area contributed by atoms with E-state index in [-0.39, 0.29) is 23.5 Å². The standard InChI is InChI=1S/C32H38N6O4S/c1-3-17-38(26-7-4-23-14-18-37(32(34)35)22-25(23)21-26)43(39,40)30-12-10-28(11-13-30)42-29-15-19-36(20-16-29)31(33)24-5-8-27(41-2)9-6-24/h3-13,21,29,33H,1,14-20,22H2,2H3,(H3,34,35). The number of benzene rings is 3. The van der Waals surface area contributed by atoms with Crippen LogP contribution in [0.3, 0.4) is 0 Å². The van der Waals surface area contributed by atoms with Gasteiger partial charge in [0.25, 0.3) is 10.0 Å². The summed E-state index contributed by atoms with van der Waals surface area (Å²) < 4.78 is 40.3. The van der Waals surface area contributed by atoms with Gasteiger partial charge in [0, 0.05) is 44.6 Å². The summed E-state index contributed by atoms with van der Waals surface area (Å²) in [4.78, 5) is 3.98. The molecule has 11 heteroatoms. The Bertz CT molecular complexity index is 1580. The van der Waals surface area contributed by atoms with E-state index in [1.807, 2.05) is 47.4 Å². The number of fused-ring (bicyclic) bond motifs is 1. The Morgan fingerprint density at radius 3 is 2.28 bits per heavy atom. The van der Waals surface area contributed by atoms with Crippen molar-refractivity contribution in [3.63, 3.8) is 0 Å². The number of amidine groups is 1. The second kappa shape index (κ2) is 12.8. The van der Waals surface area contributed by atoms with E-state index < -0.39 is 10.0 Å². The molecule has 0 unspecified atom stereocenters. The quantitative estimate of drug-likeness (QED) is 0.190. The van der Waals surface area contributed by atoms with E-state index >= 15 is 0 Å². The molecule has 2 heterocycles. The van der Waals surface area contributed by atoms with Gasteiger partial charge in [0.15, 0.2) is 5.96 Å². The number of nitrogens with zero attached hydrogens (tertiary/aromatic N) is 3. The summed E-state index contributed by atoms with van der Waals surface area (Å²) in [5.74, 6) is 1.86. The fourth-order valence-corrected chi connectivity index (χ4v) is 6.93. The molecule has 43 heavy (non-hydrogen) atoms. The number of methoxy groups -OCH3 is 1. The molecule has 0 aliphatic carbocycles. The normalized spacial score (nSPS) is 15.4. The van der Waals surface area contributed by atoms with E-state index in [0.29, 0.717) is 43.5 Å². The van der Waals surface area contributed by atoms with Crippen molar-refractivity contribution in [2.75, 3.05) is 37.6 Å². The molecule has 0 amide bonds. The maximum atomic E-state index is 13.8. The molecule has 0 radical (unpaired) electrons. The Morgan fingerprint density at radius 1 is 0.977 bits per heavy atom. The number of ether oxygens (including phenoxy) is 2. The highest BCUT2D eigenvalue weighted by molar-refractivity contribution is 7.92. The topological polar surface area (TPSA) is 136 Å². The van der Waals surface area contributed by atoms with E-state index in [1.54, 1.807) is 42.4 Å². The van der Waals surface area contributed by atoms with Crippen LogP contribution >= 0.6 is 0 Å². The zero-order valence-corrected chi connectivity index (χ0v) is 25.1. The minimum atomic E-state index is -3.88. The van der Waals surface area contributed by atoms with E-state index in [2.05, 4.69) is 6.58 Å². The number of hydrogen-bond acceptors (Lipinski definition) is 6. The maximum absolute atomic E-state index is 13.8. The van der Waals surface area contributed by atoms with Crippen LogP contribution in [0.25, 0.3) is 0 Å². The van der Waals surface area contributed by atoms with Crippen LogP contribution in [0.2, 0.25) is 0 Å². The molecule has 0 spiro atoms. The summed E-state index contributed by atoms with van der Waals surface area (Å²) in [5.41, 5.74) is 9.16. The van der Waals surface area contributed by atoms with Gasteiger partial charge in [0.05, 0.1) is 24.2 Å². The number of nitrogens with two attached hydrogens (primary N) is 1. The summed E-state index contributed by atoms with van der Waals surface area (Å²) >= 11 is 0. The number of guanidine groups is 1. The van der Waals surface area contributed by atoms with Crippen LogP contribution in [0.15, 0.2) is 84.3 Å². The van der Waals surface area contributed by atoms with Crippen molar-refractivity contribution >= 4 is 27.5 Å². The fraction of sp³-hybridized carbons (Fsp3) is 0.312. The number of rotatable bonds is 9. The Kier molecular flexibility index (Phi) is 8.91. The number of hydrogen-bond donors (Lipinski definition) is 3. The third-order valence-electron chi connectivity index (χ3n) is 7.96. The van der Waals surface area contributed by atoms with Crippen LogP contribution in [0.4, 0.5) is 5.69 Å². The SMILES string of the molecule is C=CCN(c1ccc2c(c1)CN(C(=N)N)CC2)S(=O)(=O)c1ccc(OC2CCN(C(=N)c3ccc(OC)cc3)CC2)cc1. The lowest BCUT2D eigenvalue weighted by Crippen LogP contribution is -2.41. The van der Waals surface area contributed by atoms with Gasteiger partial charge in [0.2, 0.25) is 0 Å². The molecule has 226 valence electrons. The third kappa shape index (κ3) is 6.61. The van der Waals surface area contributed by atoms with E-state index in [9.17, 15) is 8.42 Å². The van der Waals surface area contributed by atoms with Crippen LogP contribution in [0.1, 0.15) is 29.5 Å². The first kappa shape index (κ1) is 30.0. The molecular formula is C32H38N6O4S. The molecule has 0 saturated carbocycles. The number of nitrogens with one attached hydrogen (secondary N) is 2. The zero-order chi connectivity index (χ0) is 30.6. The average molecular weight is 603 g/mol. The molecule has 5 rings (SSSR count). The van der Waals surface area contributed by atoms with E-state index in [1.165, 1.54) is 4.31 Å². The summed E-state index contributed by atoms with van der Waals surface area (Å²) in [7, 11) is -2.26. The molecule has 1 fully saturated rings. The lowest BCUT2D eigenvalue weighted by Gasteiger charge is -2.34. The smallest absolute Gasteiger partial charge is 0.264 e. The highest BCUT2D eigenvalue weighted by atomic mass is 32.2. The predicted molar refractivity (Wildman–Crippen MR) is 169 cm³/mol. The Labute approximate surface area is 253 Å². The van der Waals surface area contributed by atoms with Crippen molar-refractivity contribution in [3.8, 4) is 11.5 Å². The van der Waals surface area contributed by atoms with Gasteiger partial charge in [-0.15, -0.1) is 6.58 Å². The molecule has 0 bridgehead atoms. The largest absolute Gasteiger partial charge is 0.497 e. The highest BCUT2D eigenvalue weighted by Gasteiger charge is 2.27. The average Bonchev–Trinajstić information content (AvgIpc) is 3.03. The van der Waals surface area contributed by atoms with Crippen LogP contribution in [0, 0.1) is 10.8 Å². The first-order valence-electron chi connectivity index (χ1n) is 14.3. The van der Waals surface area contributed by atoms with Crippen LogP contribution in [-0.2, 0) is 23.0 Å². The van der Waals surface area contributed by atoms with Crippen molar-refractivity contribution in [2.45, 2.75) is 36.8 Å². The molecular weight excluding hydrogens is 564 g/mol. The van der Waals surface area contributed by atoms with Crippen LogP contribution < -0.4 is 19.5 Å². The molecule has 10 nitrogen and oxygen atoms in total. The first-order valence-corrected chi connectivity index (χ1v) is 15.7. The van der Waals surface area contributed by atoms with Gasteiger partial charge >= 0.3 is 0 Å². The zero-order valence-electron chi connectivity index (χ0n) is 24.3. The summed E-state index contributed by atoms with van der Waals surface area (Å²) in [6, 6.07) is 19.7. The lowest BCUT2D eigenvalue weighted by molar-refractivity contribution is 0.131. The number of anilines is 1. The Balaban J connectivity index is 1.23. The van der Waals surface area contributed by atoms with Gasteiger partial charge in [-0.3, -0.25) is 15.1 Å². The van der Waals surface area contributed by atoms with Gasteiger partial charge in [-0.05, 0) is 78.2 Å². The lowest BCUT2D eigenvalue weighted by atomic mass is 9.99. The molecule has 4 N–H and O–H groups in total. The van der Waals surface area contributed by atoms with Gasteiger partial charge in [-0.2, -0.15) is 0 Å². The van der Waals surface area contributed by atoms with Gasteiger partial charge < -0.3 is 25.0 Å². The minimum Gasteiger partial charge on any atom is -0.497 e. The van der Waals surface area contributed by atoms with Crippen molar-refractivity contribution in [3.05, 3.63) is 96.1 Å². The molecule has 2 aliphatic rings. The summed E-state index contributed by atoms with van der Waals surface area (Å²) in [6.07, 6.45) is 3.80. The van der Waals surface area contributed by atoms with Crippen molar-refractivity contribution in [1.82, 2.24) is 9.80 Å². The van der Waals surface area contributed by atoms with Crippen molar-refractivity contribution < 1.29 is 17.9 Å². The molecule has 3 aromatic rings. The number of likely N-dealkylation sites (tertiary alicyclic amines) is 1. The fourth-order valence-electron chi connectivity index (χ4n) is 5.50. The molecule has 0 atom stereocenters. The van der Waals surface area contributed by atoms with E-state index in [0.717, 1.165) is 41.7 Å². The van der Waals surface area contributed by atoms with Crippen LogP contribution in [0.5, 0.6) is 11.5 Å². The maximum Gasteiger partial charge on any atom is 0.264 e. The number of piperidine rings is 1. The third-order valence-corrected chi connectivity index (χ3v) is 9.77. The van der Waals surface area contributed by atoms with E-state index in [4.69, 9.17) is 26.0 Å².